The molecule has 0 aliphatic heterocycles. The Bertz CT molecular complexity index is 787. The van der Waals surface area contributed by atoms with E-state index in [9.17, 15) is 18.0 Å². The minimum atomic E-state index is -4.66. The van der Waals surface area contributed by atoms with E-state index in [0.29, 0.717) is 10.6 Å². The van der Waals surface area contributed by atoms with E-state index in [1.807, 2.05) is 0 Å². The standard InChI is InChI=1S/C16H11Cl3F3NO2/c1-8-4-10(18)6-12(19)15(8)25-7-14(24)23-13-3-2-9(17)5-11(13)16(20,21)22/h2-6H,7H2,1H3,(H,23,24). The molecule has 9 heteroatoms. The Morgan fingerprint density at radius 1 is 1.12 bits per heavy atom. The number of amides is 1. The molecule has 0 aliphatic carbocycles. The van der Waals surface area contributed by atoms with Gasteiger partial charge in [0.2, 0.25) is 0 Å². The maximum atomic E-state index is 13.0. The molecule has 0 aliphatic rings. The summed E-state index contributed by atoms with van der Waals surface area (Å²) in [5.41, 5.74) is -0.869. The van der Waals surface area contributed by atoms with E-state index >= 15 is 0 Å². The number of nitrogens with one attached hydrogen (secondary N) is 1. The highest BCUT2D eigenvalue weighted by Gasteiger charge is 2.34. The van der Waals surface area contributed by atoms with Crippen LogP contribution in [0.1, 0.15) is 11.1 Å². The van der Waals surface area contributed by atoms with Crippen LogP contribution in [0.4, 0.5) is 18.9 Å². The van der Waals surface area contributed by atoms with Crippen LogP contribution in [0.5, 0.6) is 5.75 Å². The zero-order valence-corrected chi connectivity index (χ0v) is 14.9. The second kappa shape index (κ2) is 7.72. The molecule has 0 spiro atoms. The minimum absolute atomic E-state index is 0.0925. The molecule has 1 amide bonds. The first-order valence-corrected chi connectivity index (χ1v) is 7.96. The minimum Gasteiger partial charge on any atom is -0.482 e. The van der Waals surface area contributed by atoms with Crippen LogP contribution in [-0.2, 0) is 11.0 Å². The number of carbonyl (C=O) groups is 1. The van der Waals surface area contributed by atoms with Gasteiger partial charge in [0.25, 0.3) is 5.91 Å². The van der Waals surface area contributed by atoms with Crippen molar-refractivity contribution in [3.8, 4) is 5.75 Å². The first-order valence-electron chi connectivity index (χ1n) is 6.83. The van der Waals surface area contributed by atoms with Crippen molar-refractivity contribution in [1.82, 2.24) is 0 Å². The first-order chi connectivity index (χ1) is 11.6. The summed E-state index contributed by atoms with van der Waals surface area (Å²) in [7, 11) is 0. The van der Waals surface area contributed by atoms with Crippen LogP contribution < -0.4 is 10.1 Å². The normalized spacial score (nSPS) is 11.3. The third-order valence-electron chi connectivity index (χ3n) is 3.10. The molecule has 0 heterocycles. The Morgan fingerprint density at radius 2 is 1.80 bits per heavy atom. The summed E-state index contributed by atoms with van der Waals surface area (Å²) in [5.74, 6) is -0.549. The van der Waals surface area contributed by atoms with Gasteiger partial charge in [0, 0.05) is 10.0 Å². The maximum Gasteiger partial charge on any atom is 0.418 e. The van der Waals surface area contributed by atoms with Gasteiger partial charge < -0.3 is 10.1 Å². The topological polar surface area (TPSA) is 38.3 Å². The van der Waals surface area contributed by atoms with Crippen molar-refractivity contribution in [3.63, 3.8) is 0 Å². The number of aryl methyl sites for hydroxylation is 1. The van der Waals surface area contributed by atoms with Crippen molar-refractivity contribution < 1.29 is 22.7 Å². The highest BCUT2D eigenvalue weighted by Crippen LogP contribution is 2.36. The van der Waals surface area contributed by atoms with E-state index in [1.54, 1.807) is 13.0 Å². The van der Waals surface area contributed by atoms with E-state index in [1.165, 1.54) is 12.1 Å². The number of ether oxygens (including phenoxy) is 1. The van der Waals surface area contributed by atoms with E-state index in [4.69, 9.17) is 39.5 Å². The van der Waals surface area contributed by atoms with Crippen LogP contribution in [0.15, 0.2) is 30.3 Å². The Balaban J connectivity index is 2.12. The van der Waals surface area contributed by atoms with Gasteiger partial charge in [-0.3, -0.25) is 4.79 Å². The van der Waals surface area contributed by atoms with Gasteiger partial charge in [0.15, 0.2) is 6.61 Å². The SMILES string of the molecule is Cc1cc(Cl)cc(Cl)c1OCC(=O)Nc1ccc(Cl)cc1C(F)(F)F. The number of halogens is 6. The Kier molecular flexibility index (Phi) is 6.08. The molecule has 0 bridgehead atoms. The molecule has 1 N–H and O–H groups in total. The molecule has 2 rings (SSSR count). The Morgan fingerprint density at radius 3 is 2.40 bits per heavy atom. The summed E-state index contributed by atoms with van der Waals surface area (Å²) in [6.45, 7) is 1.15. The van der Waals surface area contributed by atoms with Gasteiger partial charge >= 0.3 is 6.18 Å². The fraction of sp³-hybridized carbons (Fsp3) is 0.188. The molecule has 0 atom stereocenters. The van der Waals surface area contributed by atoms with Crippen LogP contribution in [-0.4, -0.2) is 12.5 Å². The molecular weight excluding hydrogens is 402 g/mol. The van der Waals surface area contributed by atoms with Gasteiger partial charge in [-0.1, -0.05) is 34.8 Å². The van der Waals surface area contributed by atoms with E-state index in [2.05, 4.69) is 5.32 Å². The van der Waals surface area contributed by atoms with Crippen molar-refractivity contribution in [2.24, 2.45) is 0 Å². The molecule has 2 aromatic rings. The van der Waals surface area contributed by atoms with Crippen molar-refractivity contribution in [2.45, 2.75) is 13.1 Å². The molecule has 0 radical (unpaired) electrons. The molecular formula is C16H11Cl3F3NO2. The van der Waals surface area contributed by atoms with Crippen LogP contribution in [0.25, 0.3) is 0 Å². The van der Waals surface area contributed by atoms with Gasteiger partial charge in [-0.2, -0.15) is 13.2 Å². The zero-order chi connectivity index (χ0) is 18.8. The average Bonchev–Trinajstić information content (AvgIpc) is 2.47. The lowest BCUT2D eigenvalue weighted by molar-refractivity contribution is -0.137. The number of hydrogen-bond acceptors (Lipinski definition) is 2. The number of hydrogen-bond donors (Lipinski definition) is 1. The summed E-state index contributed by atoms with van der Waals surface area (Å²) >= 11 is 17.4. The predicted molar refractivity (Wildman–Crippen MR) is 91.8 cm³/mol. The molecule has 134 valence electrons. The number of rotatable bonds is 4. The van der Waals surface area contributed by atoms with Gasteiger partial charge in [0.05, 0.1) is 16.3 Å². The van der Waals surface area contributed by atoms with E-state index in [0.717, 1.165) is 12.1 Å². The van der Waals surface area contributed by atoms with Crippen molar-refractivity contribution in [1.29, 1.82) is 0 Å². The predicted octanol–water partition coefficient (Wildman–Crippen LogP) is 5.99. The Hall–Kier alpha value is -1.63. The summed E-state index contributed by atoms with van der Waals surface area (Å²) in [5, 5.41) is 2.65. The quantitative estimate of drug-likeness (QED) is 0.670. The number of alkyl halides is 3. The second-order valence-electron chi connectivity index (χ2n) is 5.06. The Labute approximate surface area is 156 Å². The second-order valence-corrected chi connectivity index (χ2v) is 6.34. The summed E-state index contributed by atoms with van der Waals surface area (Å²) in [6.07, 6.45) is -4.66. The molecule has 0 unspecified atom stereocenters. The van der Waals surface area contributed by atoms with Gasteiger partial charge in [-0.25, -0.2) is 0 Å². The van der Waals surface area contributed by atoms with E-state index in [-0.39, 0.29) is 15.8 Å². The van der Waals surface area contributed by atoms with Crippen LogP contribution in [0.3, 0.4) is 0 Å². The lowest BCUT2D eigenvalue weighted by Crippen LogP contribution is -2.22. The van der Waals surface area contributed by atoms with Crippen LogP contribution in [0, 0.1) is 6.92 Å². The molecule has 25 heavy (non-hydrogen) atoms. The molecule has 2 aromatic carbocycles. The largest absolute Gasteiger partial charge is 0.482 e. The molecule has 0 saturated heterocycles. The molecule has 0 aromatic heterocycles. The van der Waals surface area contributed by atoms with Gasteiger partial charge in [-0.15, -0.1) is 0 Å². The molecule has 0 fully saturated rings. The van der Waals surface area contributed by atoms with Crippen LogP contribution in [0.2, 0.25) is 15.1 Å². The van der Waals surface area contributed by atoms with Crippen molar-refractivity contribution in [3.05, 3.63) is 56.5 Å². The van der Waals surface area contributed by atoms with Crippen molar-refractivity contribution in [2.75, 3.05) is 11.9 Å². The molecule has 0 saturated carbocycles. The van der Waals surface area contributed by atoms with Gasteiger partial charge in [-0.05, 0) is 42.8 Å². The third kappa shape index (κ3) is 5.17. The summed E-state index contributed by atoms with van der Waals surface area (Å²) in [6, 6.07) is 6.07. The van der Waals surface area contributed by atoms with E-state index < -0.39 is 29.9 Å². The van der Waals surface area contributed by atoms with Crippen molar-refractivity contribution >= 4 is 46.4 Å². The highest BCUT2D eigenvalue weighted by molar-refractivity contribution is 6.35. The summed E-state index contributed by atoms with van der Waals surface area (Å²) in [4.78, 5) is 11.9. The lowest BCUT2D eigenvalue weighted by Gasteiger charge is -2.15. The first kappa shape index (κ1) is 19.7. The third-order valence-corrected chi connectivity index (χ3v) is 3.84. The lowest BCUT2D eigenvalue weighted by atomic mass is 10.1. The molecule has 3 nitrogen and oxygen atoms in total. The smallest absolute Gasteiger partial charge is 0.418 e. The van der Waals surface area contributed by atoms with Crippen LogP contribution >= 0.6 is 34.8 Å². The highest BCUT2D eigenvalue weighted by atomic mass is 35.5. The van der Waals surface area contributed by atoms with Gasteiger partial charge in [0.1, 0.15) is 5.75 Å². The average molecular weight is 413 g/mol. The fourth-order valence-electron chi connectivity index (χ4n) is 2.06. The zero-order valence-electron chi connectivity index (χ0n) is 12.7. The summed E-state index contributed by atoms with van der Waals surface area (Å²) < 4.78 is 44.3. The number of benzene rings is 2. The fourth-order valence-corrected chi connectivity index (χ4v) is 2.88. The monoisotopic (exact) mass is 411 g/mol. The number of anilines is 1. The maximum absolute atomic E-state index is 13.0. The number of carbonyl (C=O) groups excluding carboxylic acids is 1.